The first-order valence-electron chi connectivity index (χ1n) is 9.01. The van der Waals surface area contributed by atoms with E-state index >= 15 is 0 Å². The minimum absolute atomic E-state index is 0.0731. The monoisotopic (exact) mass is 351 g/mol. The molecule has 6 heteroatoms. The molecule has 1 spiro atoms. The van der Waals surface area contributed by atoms with Crippen LogP contribution >= 0.6 is 0 Å². The van der Waals surface area contributed by atoms with Gasteiger partial charge in [0.2, 0.25) is 5.91 Å². The molecule has 1 amide bonds. The number of carbonyl (C=O) groups excluding carboxylic acids is 1. The normalized spacial score (nSPS) is 23.7. The summed E-state index contributed by atoms with van der Waals surface area (Å²) < 4.78 is 12.1. The third-order valence-corrected chi connectivity index (χ3v) is 5.60. The zero-order chi connectivity index (χ0) is 17.7. The molecule has 0 aliphatic carbocycles. The Morgan fingerprint density at radius 1 is 1.19 bits per heavy atom. The zero-order valence-corrected chi connectivity index (χ0v) is 14.6. The maximum absolute atomic E-state index is 11.7. The summed E-state index contributed by atoms with van der Waals surface area (Å²) in [7, 11) is 0. The van der Waals surface area contributed by atoms with Gasteiger partial charge in [0.1, 0.15) is 5.75 Å². The molecule has 1 fully saturated rings. The number of fused-ring (bicyclic) bond motifs is 4. The first-order chi connectivity index (χ1) is 12.7. The van der Waals surface area contributed by atoms with E-state index in [1.165, 1.54) is 0 Å². The van der Waals surface area contributed by atoms with E-state index in [1.54, 1.807) is 13.2 Å². The lowest BCUT2D eigenvalue weighted by Crippen LogP contribution is -2.63. The second kappa shape index (κ2) is 5.64. The summed E-state index contributed by atoms with van der Waals surface area (Å²) in [5, 5.41) is 2.20. The van der Waals surface area contributed by atoms with Crippen LogP contribution in [0.15, 0.2) is 53.2 Å². The maximum Gasteiger partial charge on any atom is 0.219 e. The van der Waals surface area contributed by atoms with Gasteiger partial charge in [-0.1, -0.05) is 18.2 Å². The summed E-state index contributed by atoms with van der Waals surface area (Å²) in [5.41, 5.74) is 5.13. The topological polar surface area (TPSA) is 58.0 Å². The molecule has 26 heavy (non-hydrogen) atoms. The van der Waals surface area contributed by atoms with Crippen molar-refractivity contribution in [2.24, 2.45) is 0 Å². The van der Waals surface area contributed by atoms with E-state index in [-0.39, 0.29) is 11.9 Å². The van der Waals surface area contributed by atoms with Crippen molar-refractivity contribution in [1.29, 1.82) is 0 Å². The highest BCUT2D eigenvalue weighted by molar-refractivity contribution is 5.73. The smallest absolute Gasteiger partial charge is 0.219 e. The molecule has 0 radical (unpaired) electrons. The maximum atomic E-state index is 11.7. The lowest BCUT2D eigenvalue weighted by molar-refractivity contribution is -0.165. The molecule has 3 aliphatic rings. The number of benzene rings is 1. The van der Waals surface area contributed by atoms with Gasteiger partial charge in [-0.05, 0) is 24.3 Å². The van der Waals surface area contributed by atoms with Gasteiger partial charge >= 0.3 is 0 Å². The average molecular weight is 351 g/mol. The van der Waals surface area contributed by atoms with Crippen LogP contribution in [0.4, 0.5) is 0 Å². The number of amides is 1. The van der Waals surface area contributed by atoms with E-state index in [9.17, 15) is 4.79 Å². The van der Waals surface area contributed by atoms with Crippen molar-refractivity contribution < 1.29 is 13.9 Å². The number of carbonyl (C=O) groups is 1. The van der Waals surface area contributed by atoms with E-state index in [2.05, 4.69) is 22.6 Å². The van der Waals surface area contributed by atoms with Gasteiger partial charge in [-0.25, -0.2) is 0 Å². The van der Waals surface area contributed by atoms with Crippen molar-refractivity contribution in [3.63, 3.8) is 0 Å². The number of piperidine rings is 1. The van der Waals surface area contributed by atoms with Gasteiger partial charge in [-0.15, -0.1) is 0 Å². The average Bonchev–Trinajstić information content (AvgIpc) is 3.32. The Bertz CT molecular complexity index is 866. The Labute approximate surface area is 152 Å². The van der Waals surface area contributed by atoms with Crippen LogP contribution in [0.5, 0.6) is 5.75 Å². The number of nitrogens with one attached hydrogen (secondary N) is 1. The molecule has 3 aliphatic heterocycles. The highest BCUT2D eigenvalue weighted by atomic mass is 16.5. The Morgan fingerprint density at radius 3 is 2.73 bits per heavy atom. The molecule has 1 aromatic carbocycles. The molecular formula is C20H21N3O3. The number of ether oxygens (including phenoxy) is 1. The van der Waals surface area contributed by atoms with Crippen LogP contribution in [-0.4, -0.2) is 34.6 Å². The zero-order valence-electron chi connectivity index (χ0n) is 14.6. The number of hydrazine groups is 1. The van der Waals surface area contributed by atoms with Crippen molar-refractivity contribution in [2.45, 2.75) is 31.5 Å². The summed E-state index contributed by atoms with van der Waals surface area (Å²) in [5.74, 6) is 1.85. The van der Waals surface area contributed by atoms with Crippen LogP contribution in [0.2, 0.25) is 0 Å². The van der Waals surface area contributed by atoms with Gasteiger partial charge in [0.15, 0.2) is 11.5 Å². The quantitative estimate of drug-likeness (QED) is 0.856. The predicted molar refractivity (Wildman–Crippen MR) is 95.7 cm³/mol. The van der Waals surface area contributed by atoms with Crippen molar-refractivity contribution in [3.8, 4) is 5.75 Å². The highest BCUT2D eigenvalue weighted by Gasteiger charge is 2.51. The Balaban J connectivity index is 1.53. The van der Waals surface area contributed by atoms with E-state index < -0.39 is 5.72 Å². The first kappa shape index (κ1) is 15.5. The molecule has 0 saturated carbocycles. The molecule has 1 atom stereocenters. The van der Waals surface area contributed by atoms with E-state index in [0.29, 0.717) is 13.1 Å². The molecule has 1 N–H and O–H groups in total. The number of hydrogen-bond donors (Lipinski definition) is 1. The van der Waals surface area contributed by atoms with Crippen LogP contribution in [0.1, 0.15) is 37.1 Å². The molecule has 1 aromatic heterocycles. The van der Waals surface area contributed by atoms with Gasteiger partial charge in [0.05, 0.1) is 18.0 Å². The number of nitrogens with zero attached hydrogens (tertiary/aromatic N) is 2. The Morgan fingerprint density at radius 2 is 2.00 bits per heavy atom. The molecule has 134 valence electrons. The molecule has 2 aromatic rings. The van der Waals surface area contributed by atoms with Crippen LogP contribution < -0.4 is 10.2 Å². The number of furan rings is 1. The minimum atomic E-state index is -0.476. The van der Waals surface area contributed by atoms with Crippen molar-refractivity contribution in [3.05, 3.63) is 60.1 Å². The number of hydrogen-bond acceptors (Lipinski definition) is 5. The van der Waals surface area contributed by atoms with Crippen LogP contribution in [0.3, 0.4) is 0 Å². The second-order valence-electron chi connectivity index (χ2n) is 7.08. The highest BCUT2D eigenvalue weighted by Crippen LogP contribution is 2.48. The largest absolute Gasteiger partial charge is 0.470 e. The lowest BCUT2D eigenvalue weighted by Gasteiger charge is -2.51. The van der Waals surface area contributed by atoms with Crippen molar-refractivity contribution >= 4 is 11.6 Å². The summed E-state index contributed by atoms with van der Waals surface area (Å²) in [6.07, 6.45) is 5.38. The third-order valence-electron chi connectivity index (χ3n) is 5.60. The summed E-state index contributed by atoms with van der Waals surface area (Å²) in [6, 6.07) is 12.1. The minimum Gasteiger partial charge on any atom is -0.470 e. The molecule has 1 saturated heterocycles. The molecular weight excluding hydrogens is 330 g/mol. The van der Waals surface area contributed by atoms with Crippen molar-refractivity contribution in [2.75, 3.05) is 13.1 Å². The summed E-state index contributed by atoms with van der Waals surface area (Å²) >= 11 is 0. The summed E-state index contributed by atoms with van der Waals surface area (Å²) in [6.45, 7) is 3.01. The molecule has 5 rings (SSSR count). The SMILES string of the molecule is CC(=O)N1CCC2(CC1)Oc1ccccc1[C@H]1C=C(c3ccco3)NN12. The van der Waals surface area contributed by atoms with Gasteiger partial charge in [0.25, 0.3) is 0 Å². The fraction of sp³-hybridized carbons (Fsp3) is 0.350. The standard InChI is InChI=1S/C20H21N3O3/c1-14(24)22-10-8-20(9-11-22)23-17(15-5-2-3-6-18(15)26-20)13-16(21-23)19-7-4-12-25-19/h2-7,12-13,17,21H,8-11H2,1H3/t17-/m1/s1. The summed E-state index contributed by atoms with van der Waals surface area (Å²) in [4.78, 5) is 13.6. The first-order valence-corrected chi connectivity index (χ1v) is 9.01. The van der Waals surface area contributed by atoms with Crippen LogP contribution in [0, 0.1) is 0 Å². The van der Waals surface area contributed by atoms with E-state index in [1.807, 2.05) is 35.2 Å². The van der Waals surface area contributed by atoms with Crippen molar-refractivity contribution in [1.82, 2.24) is 15.3 Å². The third kappa shape index (κ3) is 2.25. The fourth-order valence-corrected chi connectivity index (χ4v) is 4.21. The van der Waals surface area contributed by atoms with Gasteiger partial charge in [-0.2, -0.15) is 5.01 Å². The second-order valence-corrected chi connectivity index (χ2v) is 7.08. The van der Waals surface area contributed by atoms with Crippen LogP contribution in [-0.2, 0) is 4.79 Å². The molecule has 4 heterocycles. The van der Waals surface area contributed by atoms with Crippen LogP contribution in [0.25, 0.3) is 5.70 Å². The molecule has 0 unspecified atom stereocenters. The van der Waals surface area contributed by atoms with Gasteiger partial charge in [-0.3, -0.25) is 4.79 Å². The number of para-hydroxylation sites is 1. The lowest BCUT2D eigenvalue weighted by atomic mass is 9.93. The number of rotatable bonds is 1. The van der Waals surface area contributed by atoms with E-state index in [4.69, 9.17) is 9.15 Å². The predicted octanol–water partition coefficient (Wildman–Crippen LogP) is 2.91. The van der Waals surface area contributed by atoms with Gasteiger partial charge < -0.3 is 19.5 Å². The Kier molecular flexibility index (Phi) is 3.37. The van der Waals surface area contributed by atoms with Gasteiger partial charge in [0, 0.05) is 38.4 Å². The molecule has 0 bridgehead atoms. The Hall–Kier alpha value is -2.73. The van der Waals surface area contributed by atoms with E-state index in [0.717, 1.165) is 35.6 Å². The number of likely N-dealkylation sites (tertiary alicyclic amines) is 1. The molecule has 6 nitrogen and oxygen atoms in total. The fourth-order valence-electron chi connectivity index (χ4n) is 4.21.